The Morgan fingerprint density at radius 3 is 2.39 bits per heavy atom. The van der Waals surface area contributed by atoms with Crippen LogP contribution in [-0.4, -0.2) is 0 Å². The van der Waals surface area contributed by atoms with Gasteiger partial charge in [-0.3, -0.25) is 0 Å². The number of furan rings is 1. The zero-order chi connectivity index (χ0) is 15.4. The van der Waals surface area contributed by atoms with E-state index in [1.807, 2.05) is 36.4 Å². The van der Waals surface area contributed by atoms with Crippen LogP contribution in [0.3, 0.4) is 0 Å². The molecule has 0 radical (unpaired) electrons. The minimum atomic E-state index is 0. The molecular weight excluding hydrogens is 353 g/mol. The molecule has 0 spiro atoms. The van der Waals surface area contributed by atoms with E-state index in [9.17, 15) is 0 Å². The molecule has 2 nitrogen and oxygen atoms in total. The Labute approximate surface area is 151 Å². The van der Waals surface area contributed by atoms with Crippen LogP contribution in [0.4, 0.5) is 0 Å². The fraction of sp³-hybridized carbons (Fsp3) is 0.111. The number of hydrogen-bond acceptors (Lipinski definition) is 2. The quantitative estimate of drug-likeness (QED) is 0.600. The lowest BCUT2D eigenvalue weighted by atomic mass is 10.2. The molecule has 0 unspecified atom stereocenters. The van der Waals surface area contributed by atoms with E-state index in [2.05, 4.69) is 17.4 Å². The van der Waals surface area contributed by atoms with E-state index >= 15 is 0 Å². The summed E-state index contributed by atoms with van der Waals surface area (Å²) in [5.41, 5.74) is 2.09. The number of halogens is 3. The fourth-order valence-corrected chi connectivity index (χ4v) is 2.73. The zero-order valence-corrected chi connectivity index (χ0v) is 14.6. The second-order valence-electron chi connectivity index (χ2n) is 4.98. The van der Waals surface area contributed by atoms with E-state index in [1.54, 1.807) is 12.1 Å². The molecule has 0 fully saturated rings. The predicted molar refractivity (Wildman–Crippen MR) is 98.4 cm³/mol. The van der Waals surface area contributed by atoms with Crippen LogP contribution in [0.15, 0.2) is 65.1 Å². The number of hydrogen-bond donors (Lipinski definition) is 1. The maximum atomic E-state index is 6.20. The molecule has 0 amide bonds. The van der Waals surface area contributed by atoms with Gasteiger partial charge in [-0.25, -0.2) is 0 Å². The molecular formula is C18H16Cl3NO. The predicted octanol–water partition coefficient (Wildman–Crippen LogP) is 5.97. The van der Waals surface area contributed by atoms with Crippen molar-refractivity contribution in [3.05, 3.63) is 82.0 Å². The van der Waals surface area contributed by atoms with Gasteiger partial charge in [0, 0.05) is 17.1 Å². The highest BCUT2D eigenvalue weighted by molar-refractivity contribution is 6.36. The van der Waals surface area contributed by atoms with Gasteiger partial charge in [-0.15, -0.1) is 12.4 Å². The van der Waals surface area contributed by atoms with Crippen LogP contribution in [0, 0.1) is 0 Å². The normalized spacial score (nSPS) is 10.3. The van der Waals surface area contributed by atoms with Gasteiger partial charge in [0.25, 0.3) is 0 Å². The maximum Gasteiger partial charge on any atom is 0.135 e. The van der Waals surface area contributed by atoms with E-state index in [0.717, 1.165) is 23.6 Å². The van der Waals surface area contributed by atoms with Crippen molar-refractivity contribution < 1.29 is 4.42 Å². The Morgan fingerprint density at radius 1 is 0.870 bits per heavy atom. The molecule has 1 aromatic heterocycles. The van der Waals surface area contributed by atoms with Gasteiger partial charge in [-0.1, -0.05) is 53.5 Å². The van der Waals surface area contributed by atoms with Crippen molar-refractivity contribution in [1.82, 2.24) is 5.32 Å². The molecule has 5 heteroatoms. The van der Waals surface area contributed by atoms with Gasteiger partial charge >= 0.3 is 0 Å². The molecule has 0 saturated carbocycles. The van der Waals surface area contributed by atoms with Gasteiger partial charge < -0.3 is 9.73 Å². The first kappa shape index (κ1) is 17.9. The van der Waals surface area contributed by atoms with E-state index in [0.29, 0.717) is 16.6 Å². The van der Waals surface area contributed by atoms with Crippen molar-refractivity contribution in [3.63, 3.8) is 0 Å². The average Bonchev–Trinajstić information content (AvgIpc) is 2.97. The maximum absolute atomic E-state index is 6.20. The molecule has 3 aromatic rings. The van der Waals surface area contributed by atoms with Gasteiger partial charge in [-0.05, 0) is 35.9 Å². The highest BCUT2D eigenvalue weighted by Gasteiger charge is 2.09. The van der Waals surface area contributed by atoms with Gasteiger partial charge in [-0.2, -0.15) is 0 Å². The summed E-state index contributed by atoms with van der Waals surface area (Å²) < 4.78 is 5.84. The Kier molecular flexibility index (Phi) is 6.55. The first-order valence-electron chi connectivity index (χ1n) is 7.01. The second kappa shape index (κ2) is 8.42. The summed E-state index contributed by atoms with van der Waals surface area (Å²) in [6, 6.07) is 19.5. The van der Waals surface area contributed by atoms with Crippen molar-refractivity contribution in [1.29, 1.82) is 0 Å². The molecule has 23 heavy (non-hydrogen) atoms. The smallest absolute Gasteiger partial charge is 0.135 e. The average molecular weight is 369 g/mol. The van der Waals surface area contributed by atoms with Gasteiger partial charge in [0.2, 0.25) is 0 Å². The Balaban J connectivity index is 0.00000192. The van der Waals surface area contributed by atoms with Crippen LogP contribution in [-0.2, 0) is 13.1 Å². The van der Waals surface area contributed by atoms with E-state index in [1.165, 1.54) is 5.56 Å². The van der Waals surface area contributed by atoms with Crippen LogP contribution in [0.5, 0.6) is 0 Å². The molecule has 0 aliphatic rings. The molecule has 0 aliphatic carbocycles. The third-order valence-electron chi connectivity index (χ3n) is 3.33. The van der Waals surface area contributed by atoms with E-state index in [-0.39, 0.29) is 12.4 Å². The highest BCUT2D eigenvalue weighted by atomic mass is 35.5. The van der Waals surface area contributed by atoms with Gasteiger partial charge in [0.15, 0.2) is 0 Å². The lowest BCUT2D eigenvalue weighted by Crippen LogP contribution is -2.11. The van der Waals surface area contributed by atoms with Crippen LogP contribution >= 0.6 is 35.6 Å². The monoisotopic (exact) mass is 367 g/mol. The first-order valence-corrected chi connectivity index (χ1v) is 7.77. The van der Waals surface area contributed by atoms with E-state index in [4.69, 9.17) is 27.6 Å². The van der Waals surface area contributed by atoms with Crippen molar-refractivity contribution in [2.45, 2.75) is 13.1 Å². The van der Waals surface area contributed by atoms with Crippen molar-refractivity contribution >= 4 is 35.6 Å². The number of rotatable bonds is 5. The minimum absolute atomic E-state index is 0. The second-order valence-corrected chi connectivity index (χ2v) is 5.82. The summed E-state index contributed by atoms with van der Waals surface area (Å²) in [5, 5.41) is 4.56. The van der Waals surface area contributed by atoms with Gasteiger partial charge in [0.1, 0.15) is 11.5 Å². The number of nitrogens with one attached hydrogen (secondary N) is 1. The minimum Gasteiger partial charge on any atom is -0.460 e. The van der Waals surface area contributed by atoms with E-state index < -0.39 is 0 Å². The molecule has 1 N–H and O–H groups in total. The lowest BCUT2D eigenvalue weighted by Gasteiger charge is -2.03. The van der Waals surface area contributed by atoms with Crippen molar-refractivity contribution in [3.8, 4) is 11.3 Å². The third kappa shape index (κ3) is 4.76. The molecule has 0 saturated heterocycles. The number of benzene rings is 2. The summed E-state index contributed by atoms with van der Waals surface area (Å²) in [5.74, 6) is 1.62. The summed E-state index contributed by atoms with van der Waals surface area (Å²) in [6.45, 7) is 1.47. The summed E-state index contributed by atoms with van der Waals surface area (Å²) >= 11 is 12.1. The summed E-state index contributed by atoms with van der Waals surface area (Å²) in [4.78, 5) is 0. The Morgan fingerprint density at radius 2 is 1.65 bits per heavy atom. The molecule has 2 aromatic carbocycles. The first-order chi connectivity index (χ1) is 10.7. The van der Waals surface area contributed by atoms with Gasteiger partial charge in [0.05, 0.1) is 11.6 Å². The largest absolute Gasteiger partial charge is 0.460 e. The molecule has 1 heterocycles. The molecule has 0 atom stereocenters. The molecule has 120 valence electrons. The van der Waals surface area contributed by atoms with Crippen LogP contribution < -0.4 is 5.32 Å². The Hall–Kier alpha value is -1.45. The fourth-order valence-electron chi connectivity index (χ4n) is 2.23. The molecule has 0 bridgehead atoms. The third-order valence-corrected chi connectivity index (χ3v) is 3.88. The molecule has 0 aliphatic heterocycles. The summed E-state index contributed by atoms with van der Waals surface area (Å²) in [6.07, 6.45) is 0. The van der Waals surface area contributed by atoms with Crippen molar-refractivity contribution in [2.75, 3.05) is 0 Å². The van der Waals surface area contributed by atoms with Crippen LogP contribution in [0.1, 0.15) is 11.3 Å². The SMILES string of the molecule is Cl.Clc1ccc(-c2ccc(CNCc3ccccc3)o2)c(Cl)c1. The topological polar surface area (TPSA) is 25.2 Å². The molecule has 3 rings (SSSR count). The highest BCUT2D eigenvalue weighted by Crippen LogP contribution is 2.31. The zero-order valence-electron chi connectivity index (χ0n) is 12.3. The van der Waals surface area contributed by atoms with Crippen LogP contribution in [0.25, 0.3) is 11.3 Å². The lowest BCUT2D eigenvalue weighted by molar-refractivity contribution is 0.493. The Bertz CT molecular complexity index is 756. The van der Waals surface area contributed by atoms with Crippen molar-refractivity contribution in [2.24, 2.45) is 0 Å². The standard InChI is InChI=1S/C18H15Cl2NO.ClH/c19-14-6-8-16(17(20)10-14)18-9-7-15(22-18)12-21-11-13-4-2-1-3-5-13;/h1-10,21H,11-12H2;1H. The summed E-state index contributed by atoms with van der Waals surface area (Å²) in [7, 11) is 0. The van der Waals surface area contributed by atoms with Crippen LogP contribution in [0.2, 0.25) is 10.0 Å².